The molecule has 22 heavy (non-hydrogen) atoms. The van der Waals surface area contributed by atoms with Gasteiger partial charge in [0.05, 0.1) is 0 Å². The number of hydrogen-bond acceptors (Lipinski definition) is 1. The summed E-state index contributed by atoms with van der Waals surface area (Å²) in [7, 11) is 0. The Morgan fingerprint density at radius 1 is 0.818 bits per heavy atom. The zero-order valence-corrected chi connectivity index (χ0v) is 14.4. The third kappa shape index (κ3) is 18.8. The third-order valence-electron chi connectivity index (χ3n) is 3.85. The summed E-state index contributed by atoms with van der Waals surface area (Å²) in [5.74, 6) is 3.51. The minimum atomic E-state index is -1.06. The molecule has 0 aromatic heterocycles. The van der Waals surface area contributed by atoms with E-state index < -0.39 is 5.97 Å². The Labute approximate surface area is 137 Å². The van der Waals surface area contributed by atoms with Gasteiger partial charge >= 0.3 is 5.97 Å². The first-order valence-corrected chi connectivity index (χ1v) is 9.17. The Bertz CT molecular complexity index is 333. The molecule has 0 amide bonds. The highest BCUT2D eigenvalue weighted by molar-refractivity contribution is 5.86. The average molecular weight is 306 g/mol. The second-order valence-corrected chi connectivity index (χ2v) is 6.01. The van der Waals surface area contributed by atoms with E-state index in [4.69, 9.17) is 5.11 Å². The van der Waals surface area contributed by atoms with Gasteiger partial charge in [0.25, 0.3) is 0 Å². The summed E-state index contributed by atoms with van der Waals surface area (Å²) in [5, 5.41) is 8.33. The van der Waals surface area contributed by atoms with Gasteiger partial charge in [0.2, 0.25) is 0 Å². The molecule has 0 bridgehead atoms. The van der Waals surface area contributed by atoms with Crippen molar-refractivity contribution >= 4 is 5.97 Å². The Morgan fingerprint density at radius 3 is 1.73 bits per heavy atom. The van der Waals surface area contributed by atoms with E-state index >= 15 is 0 Å². The monoisotopic (exact) mass is 306 g/mol. The van der Waals surface area contributed by atoms with Crippen molar-refractivity contribution in [1.29, 1.82) is 0 Å². The summed E-state index contributed by atoms with van der Waals surface area (Å²) in [4.78, 5) is 10.2. The molecular weight excluding hydrogens is 272 g/mol. The van der Waals surface area contributed by atoms with Gasteiger partial charge < -0.3 is 5.11 Å². The summed E-state index contributed by atoms with van der Waals surface area (Å²) < 4.78 is 0. The number of unbranched alkanes of at least 4 members (excludes halogenated alkanes) is 13. The van der Waals surface area contributed by atoms with Crippen LogP contribution >= 0.6 is 0 Å². The molecule has 0 aromatic carbocycles. The van der Waals surface area contributed by atoms with E-state index in [-0.39, 0.29) is 0 Å². The number of carbonyl (C=O) groups is 1. The van der Waals surface area contributed by atoms with E-state index in [0.717, 1.165) is 6.42 Å². The Hall–Kier alpha value is -1.23. The lowest BCUT2D eigenvalue weighted by atomic mass is 10.0. The maximum atomic E-state index is 10.2. The quantitative estimate of drug-likeness (QED) is 0.310. The van der Waals surface area contributed by atoms with Gasteiger partial charge in [0.1, 0.15) is 0 Å². The van der Waals surface area contributed by atoms with Crippen LogP contribution in [0.3, 0.4) is 0 Å². The molecule has 0 aliphatic heterocycles. The lowest BCUT2D eigenvalue weighted by molar-refractivity contribution is -0.130. The molecule has 0 heterocycles. The topological polar surface area (TPSA) is 37.3 Å². The predicted molar refractivity (Wildman–Crippen MR) is 94.9 cm³/mol. The van der Waals surface area contributed by atoms with Gasteiger partial charge in [-0.15, -0.1) is 0 Å². The van der Waals surface area contributed by atoms with Crippen LogP contribution in [0.4, 0.5) is 0 Å². The summed E-state index contributed by atoms with van der Waals surface area (Å²) in [6, 6.07) is 0. The van der Waals surface area contributed by atoms with Gasteiger partial charge in [0, 0.05) is 5.92 Å². The molecular formula is C20H34O2. The Morgan fingerprint density at radius 2 is 1.27 bits per heavy atom. The van der Waals surface area contributed by atoms with Crippen LogP contribution in [-0.2, 0) is 4.79 Å². The second-order valence-electron chi connectivity index (χ2n) is 6.01. The van der Waals surface area contributed by atoms with Crippen molar-refractivity contribution in [2.75, 3.05) is 0 Å². The van der Waals surface area contributed by atoms with Gasteiger partial charge in [0.15, 0.2) is 0 Å². The lowest BCUT2D eigenvalue weighted by Crippen LogP contribution is -1.85. The minimum Gasteiger partial charge on any atom is -0.472 e. The van der Waals surface area contributed by atoms with Gasteiger partial charge in [-0.25, -0.2) is 4.79 Å². The smallest absolute Gasteiger partial charge is 0.382 e. The van der Waals surface area contributed by atoms with Crippen molar-refractivity contribution in [2.45, 2.75) is 96.8 Å². The van der Waals surface area contributed by atoms with Crippen LogP contribution in [0.15, 0.2) is 12.2 Å². The highest BCUT2D eigenvalue weighted by Gasteiger charge is 1.93. The lowest BCUT2D eigenvalue weighted by Gasteiger charge is -2.02. The van der Waals surface area contributed by atoms with Gasteiger partial charge in [-0.05, 0) is 18.9 Å². The number of aliphatic carboxylic acids is 1. The molecule has 0 aliphatic carbocycles. The zero-order valence-electron chi connectivity index (χ0n) is 14.4. The predicted octanol–water partition coefficient (Wildman–Crippen LogP) is 6.11. The van der Waals surface area contributed by atoms with Gasteiger partial charge in [-0.2, -0.15) is 0 Å². The summed E-state index contributed by atoms with van der Waals surface area (Å²) in [6.07, 6.45) is 22.4. The SMILES string of the molecule is CCCCCCCCCCCCCCCC=CC#CC(=O)O. The maximum Gasteiger partial charge on any atom is 0.382 e. The first kappa shape index (κ1) is 20.8. The molecule has 2 nitrogen and oxygen atoms in total. The van der Waals surface area contributed by atoms with Crippen molar-refractivity contribution in [3.8, 4) is 11.8 Å². The maximum absolute atomic E-state index is 10.2. The van der Waals surface area contributed by atoms with Crippen LogP contribution in [0.25, 0.3) is 0 Å². The fourth-order valence-corrected chi connectivity index (χ4v) is 2.53. The Balaban J connectivity index is 3.12. The molecule has 0 rings (SSSR count). The summed E-state index contributed by atoms with van der Waals surface area (Å²) in [6.45, 7) is 2.27. The van der Waals surface area contributed by atoms with Crippen LogP contribution < -0.4 is 0 Å². The van der Waals surface area contributed by atoms with Crippen LogP contribution in [-0.4, -0.2) is 11.1 Å². The van der Waals surface area contributed by atoms with E-state index in [0.29, 0.717) is 0 Å². The minimum absolute atomic E-state index is 1.01. The highest BCUT2D eigenvalue weighted by Crippen LogP contribution is 2.12. The highest BCUT2D eigenvalue weighted by atomic mass is 16.4. The molecule has 0 unspecified atom stereocenters. The summed E-state index contributed by atoms with van der Waals surface area (Å²) >= 11 is 0. The number of hydrogen-bond donors (Lipinski definition) is 1. The largest absolute Gasteiger partial charge is 0.472 e. The van der Waals surface area contributed by atoms with Crippen LogP contribution in [0.5, 0.6) is 0 Å². The van der Waals surface area contributed by atoms with Crippen molar-refractivity contribution in [2.24, 2.45) is 0 Å². The molecule has 0 aliphatic rings. The average Bonchev–Trinajstić information content (AvgIpc) is 2.50. The van der Waals surface area contributed by atoms with E-state index in [9.17, 15) is 4.79 Å². The second kappa shape index (κ2) is 17.8. The van der Waals surface area contributed by atoms with Crippen molar-refractivity contribution in [3.05, 3.63) is 12.2 Å². The molecule has 0 atom stereocenters. The van der Waals surface area contributed by atoms with E-state index in [1.165, 1.54) is 83.5 Å². The standard InChI is InChI=1S/C20H34O2/c1-2-3-4-5-6-7-8-9-10-11-12-13-14-15-16-17-18-19-20(21)22/h16-17H,2-15H2,1H3,(H,21,22). The Kier molecular flexibility index (Phi) is 16.8. The molecule has 0 saturated carbocycles. The van der Waals surface area contributed by atoms with Gasteiger partial charge in [-0.1, -0.05) is 96.0 Å². The van der Waals surface area contributed by atoms with Gasteiger partial charge in [-0.3, -0.25) is 0 Å². The third-order valence-corrected chi connectivity index (χ3v) is 3.85. The molecule has 2 heteroatoms. The zero-order chi connectivity index (χ0) is 16.3. The number of rotatable bonds is 14. The van der Waals surface area contributed by atoms with Crippen LogP contribution in [0, 0.1) is 11.8 Å². The molecule has 0 saturated heterocycles. The number of carboxylic acids is 1. The molecule has 0 fully saturated rings. The van der Waals surface area contributed by atoms with E-state index in [1.807, 2.05) is 6.08 Å². The first-order valence-electron chi connectivity index (χ1n) is 9.17. The first-order chi connectivity index (χ1) is 10.8. The summed E-state index contributed by atoms with van der Waals surface area (Å²) in [5.41, 5.74) is 0. The molecule has 126 valence electrons. The molecule has 0 spiro atoms. The number of allylic oxidation sites excluding steroid dienone is 2. The molecule has 0 aromatic rings. The fraction of sp³-hybridized carbons (Fsp3) is 0.750. The van der Waals surface area contributed by atoms with Crippen LogP contribution in [0.2, 0.25) is 0 Å². The molecule has 0 radical (unpaired) electrons. The normalized spacial score (nSPS) is 10.6. The van der Waals surface area contributed by atoms with Crippen molar-refractivity contribution in [3.63, 3.8) is 0 Å². The molecule has 1 N–H and O–H groups in total. The van der Waals surface area contributed by atoms with E-state index in [2.05, 4.69) is 18.8 Å². The number of carboxylic acid groups (broad SMARTS) is 1. The van der Waals surface area contributed by atoms with E-state index in [1.54, 1.807) is 6.08 Å². The van der Waals surface area contributed by atoms with Crippen LogP contribution in [0.1, 0.15) is 96.8 Å². The fourth-order valence-electron chi connectivity index (χ4n) is 2.53. The van der Waals surface area contributed by atoms with Crippen molar-refractivity contribution < 1.29 is 9.90 Å². The van der Waals surface area contributed by atoms with Crippen molar-refractivity contribution in [1.82, 2.24) is 0 Å².